The lowest BCUT2D eigenvalue weighted by atomic mass is 9.99. The molecule has 0 saturated carbocycles. The lowest BCUT2D eigenvalue weighted by molar-refractivity contribution is 1.46. The Hall–Kier alpha value is -2.08. The molecule has 0 heteroatoms. The van der Waals surface area contributed by atoms with Crippen molar-refractivity contribution >= 4 is 10.8 Å². The maximum atomic E-state index is 3.45. The Kier molecular flexibility index (Phi) is 2.63. The largest absolute Gasteiger partial charge is 0.0622 e. The molecule has 0 N–H and O–H groups in total. The van der Waals surface area contributed by atoms with Gasteiger partial charge in [-0.15, -0.1) is 0 Å². The zero-order valence-electron chi connectivity index (χ0n) is 9.43. The summed E-state index contributed by atoms with van der Waals surface area (Å²) in [5.74, 6) is 0. The number of rotatable bonds is 2. The van der Waals surface area contributed by atoms with Crippen LogP contribution in [0.4, 0.5) is 0 Å². The molecule has 0 bridgehead atoms. The van der Waals surface area contributed by atoms with E-state index in [0.717, 1.165) is 11.1 Å². The molecule has 0 aliphatic carbocycles. The van der Waals surface area contributed by atoms with Crippen molar-refractivity contribution in [2.75, 3.05) is 0 Å². The Balaban J connectivity index is 2.06. The Bertz CT molecular complexity index is 618. The van der Waals surface area contributed by atoms with E-state index in [9.17, 15) is 0 Å². The van der Waals surface area contributed by atoms with E-state index in [-0.39, 0.29) is 0 Å². The van der Waals surface area contributed by atoms with Gasteiger partial charge in [0.25, 0.3) is 0 Å². The minimum absolute atomic E-state index is 1.11. The number of hydrogen-bond donors (Lipinski definition) is 0. The SMILES string of the molecule is [C](c1ccccc1)c1cccc2ccccc12. The van der Waals surface area contributed by atoms with Gasteiger partial charge in [0.15, 0.2) is 0 Å². The van der Waals surface area contributed by atoms with E-state index in [1.807, 2.05) is 18.2 Å². The van der Waals surface area contributed by atoms with Gasteiger partial charge in [-0.1, -0.05) is 72.8 Å². The molecule has 0 spiro atoms. The smallest absolute Gasteiger partial charge is 0.0508 e. The summed E-state index contributed by atoms with van der Waals surface area (Å²) in [5, 5.41) is 2.51. The lowest BCUT2D eigenvalue weighted by Crippen LogP contribution is -1.86. The molecule has 3 aromatic carbocycles. The first-order valence-electron chi connectivity index (χ1n) is 5.73. The van der Waals surface area contributed by atoms with Crippen molar-refractivity contribution in [2.24, 2.45) is 0 Å². The van der Waals surface area contributed by atoms with Gasteiger partial charge in [-0.3, -0.25) is 0 Å². The van der Waals surface area contributed by atoms with Gasteiger partial charge in [0, 0.05) is 0 Å². The molecule has 80 valence electrons. The van der Waals surface area contributed by atoms with Gasteiger partial charge in [0.1, 0.15) is 0 Å². The summed E-state index contributed by atoms with van der Waals surface area (Å²) in [6.45, 7) is 0. The number of hydrogen-bond acceptors (Lipinski definition) is 0. The van der Waals surface area contributed by atoms with E-state index < -0.39 is 0 Å². The Labute approximate surface area is 102 Å². The average molecular weight is 216 g/mol. The van der Waals surface area contributed by atoms with Gasteiger partial charge < -0.3 is 0 Å². The monoisotopic (exact) mass is 216 g/mol. The molecule has 0 aromatic heterocycles. The molecule has 0 nitrogen and oxygen atoms in total. The molecule has 0 saturated heterocycles. The Morgan fingerprint density at radius 1 is 0.588 bits per heavy atom. The second kappa shape index (κ2) is 4.42. The van der Waals surface area contributed by atoms with Gasteiger partial charge >= 0.3 is 0 Å². The Morgan fingerprint density at radius 2 is 1.29 bits per heavy atom. The highest BCUT2D eigenvalue weighted by molar-refractivity contribution is 5.87. The second-order valence-electron chi connectivity index (χ2n) is 4.02. The summed E-state index contributed by atoms with van der Waals surface area (Å²) in [5.41, 5.74) is 2.26. The van der Waals surface area contributed by atoms with Crippen LogP contribution in [0.15, 0.2) is 72.8 Å². The second-order valence-corrected chi connectivity index (χ2v) is 4.02. The first-order chi connectivity index (χ1) is 8.43. The molecular weight excluding hydrogens is 204 g/mol. The highest BCUT2D eigenvalue weighted by Crippen LogP contribution is 2.22. The van der Waals surface area contributed by atoms with Crippen LogP contribution >= 0.6 is 0 Å². The van der Waals surface area contributed by atoms with Crippen LogP contribution in [-0.4, -0.2) is 0 Å². The van der Waals surface area contributed by atoms with Crippen LogP contribution in [0.2, 0.25) is 0 Å². The fourth-order valence-electron chi connectivity index (χ4n) is 2.01. The van der Waals surface area contributed by atoms with Crippen LogP contribution in [-0.2, 0) is 0 Å². The normalized spacial score (nSPS) is 10.6. The first kappa shape index (κ1) is 10.1. The molecule has 3 aromatic rings. The molecule has 0 atom stereocenters. The molecule has 3 rings (SSSR count). The number of fused-ring (bicyclic) bond motifs is 1. The molecule has 0 amide bonds. The molecule has 0 fully saturated rings. The molecule has 0 aliphatic rings. The van der Waals surface area contributed by atoms with Crippen molar-refractivity contribution in [3.05, 3.63) is 90.3 Å². The maximum absolute atomic E-state index is 3.45. The minimum Gasteiger partial charge on any atom is -0.0622 e. The van der Waals surface area contributed by atoms with Crippen molar-refractivity contribution in [1.82, 2.24) is 0 Å². The lowest BCUT2D eigenvalue weighted by Gasteiger charge is -2.05. The quantitative estimate of drug-likeness (QED) is 0.598. The highest BCUT2D eigenvalue weighted by atomic mass is 14.0. The third-order valence-corrected chi connectivity index (χ3v) is 2.84. The Morgan fingerprint density at radius 3 is 2.18 bits per heavy atom. The van der Waals surface area contributed by atoms with Crippen LogP contribution in [0.3, 0.4) is 0 Å². The summed E-state index contributed by atoms with van der Waals surface area (Å²) in [7, 11) is 0. The van der Waals surface area contributed by atoms with Crippen LogP contribution < -0.4 is 0 Å². The minimum atomic E-state index is 1.11. The van der Waals surface area contributed by atoms with Gasteiger partial charge in [0.05, 0.1) is 6.42 Å². The molecular formula is C17H12. The zero-order valence-corrected chi connectivity index (χ0v) is 9.43. The van der Waals surface area contributed by atoms with E-state index in [1.165, 1.54) is 10.8 Å². The standard InChI is InChI=1S/C17H12/c1-2-7-14(8-3-1)13-16-11-6-10-15-9-4-5-12-17(15)16/h1-12H. The van der Waals surface area contributed by atoms with E-state index in [1.54, 1.807) is 0 Å². The molecule has 0 heterocycles. The summed E-state index contributed by atoms with van der Waals surface area (Å²) in [6, 6.07) is 25.0. The molecule has 17 heavy (non-hydrogen) atoms. The van der Waals surface area contributed by atoms with Crippen molar-refractivity contribution in [3.63, 3.8) is 0 Å². The molecule has 0 aliphatic heterocycles. The highest BCUT2D eigenvalue weighted by Gasteiger charge is 2.01. The number of benzene rings is 3. The van der Waals surface area contributed by atoms with Crippen molar-refractivity contribution in [2.45, 2.75) is 0 Å². The van der Waals surface area contributed by atoms with E-state index >= 15 is 0 Å². The summed E-state index contributed by atoms with van der Waals surface area (Å²) in [6.07, 6.45) is 3.45. The van der Waals surface area contributed by atoms with E-state index in [2.05, 4.69) is 61.0 Å². The van der Waals surface area contributed by atoms with Crippen LogP contribution in [0.25, 0.3) is 10.8 Å². The third kappa shape index (κ3) is 2.07. The van der Waals surface area contributed by atoms with E-state index in [0.29, 0.717) is 0 Å². The predicted molar refractivity (Wildman–Crippen MR) is 71.8 cm³/mol. The summed E-state index contributed by atoms with van der Waals surface area (Å²) >= 11 is 0. The van der Waals surface area contributed by atoms with Crippen LogP contribution in [0.1, 0.15) is 11.1 Å². The fourth-order valence-corrected chi connectivity index (χ4v) is 2.01. The maximum Gasteiger partial charge on any atom is 0.0508 e. The van der Waals surface area contributed by atoms with Gasteiger partial charge in [-0.25, -0.2) is 0 Å². The van der Waals surface area contributed by atoms with Gasteiger partial charge in [0.2, 0.25) is 0 Å². The topological polar surface area (TPSA) is 0 Å². The summed E-state index contributed by atoms with van der Waals surface area (Å²) < 4.78 is 0. The van der Waals surface area contributed by atoms with Crippen molar-refractivity contribution in [3.8, 4) is 0 Å². The molecule has 2 radical (unpaired) electrons. The molecule has 0 unspecified atom stereocenters. The van der Waals surface area contributed by atoms with Gasteiger partial charge in [-0.05, 0) is 21.9 Å². The van der Waals surface area contributed by atoms with Crippen molar-refractivity contribution < 1.29 is 0 Å². The fraction of sp³-hybridized carbons (Fsp3) is 0. The zero-order chi connectivity index (χ0) is 11.5. The van der Waals surface area contributed by atoms with Gasteiger partial charge in [-0.2, -0.15) is 0 Å². The first-order valence-corrected chi connectivity index (χ1v) is 5.73. The van der Waals surface area contributed by atoms with Crippen molar-refractivity contribution in [1.29, 1.82) is 0 Å². The van der Waals surface area contributed by atoms with Crippen LogP contribution in [0.5, 0.6) is 0 Å². The van der Waals surface area contributed by atoms with Crippen LogP contribution in [0, 0.1) is 6.42 Å². The average Bonchev–Trinajstić information content (AvgIpc) is 2.40. The third-order valence-electron chi connectivity index (χ3n) is 2.84. The predicted octanol–water partition coefficient (Wildman–Crippen LogP) is 4.32. The summed E-state index contributed by atoms with van der Waals surface area (Å²) in [4.78, 5) is 0. The van der Waals surface area contributed by atoms with E-state index in [4.69, 9.17) is 0 Å².